The average molecular weight is 435 g/mol. The summed E-state index contributed by atoms with van der Waals surface area (Å²) >= 11 is 0. The van der Waals surface area contributed by atoms with Crippen molar-refractivity contribution in [1.82, 2.24) is 14.8 Å². The molecule has 6 nitrogen and oxygen atoms in total. The molecule has 0 bridgehead atoms. The van der Waals surface area contributed by atoms with Crippen molar-refractivity contribution in [2.45, 2.75) is 25.8 Å². The lowest BCUT2D eigenvalue weighted by Gasteiger charge is -2.36. The van der Waals surface area contributed by atoms with Crippen molar-refractivity contribution >= 4 is 11.8 Å². The van der Waals surface area contributed by atoms with Crippen molar-refractivity contribution in [1.29, 1.82) is 0 Å². The summed E-state index contributed by atoms with van der Waals surface area (Å²) in [5.74, 6) is -0.597. The number of carbonyl (C=O) groups excluding carboxylic acids is 2. The molecule has 1 aliphatic heterocycles. The Bertz CT molecular complexity index is 1070. The van der Waals surface area contributed by atoms with Crippen LogP contribution in [0, 0.1) is 18.7 Å². The minimum absolute atomic E-state index is 0.000196. The fourth-order valence-electron chi connectivity index (χ4n) is 4.31. The van der Waals surface area contributed by atoms with Gasteiger partial charge in [-0.15, -0.1) is 0 Å². The Morgan fingerprint density at radius 1 is 1.16 bits per heavy atom. The first-order chi connectivity index (χ1) is 15.5. The van der Waals surface area contributed by atoms with E-state index in [2.05, 4.69) is 4.98 Å². The summed E-state index contributed by atoms with van der Waals surface area (Å²) < 4.78 is 18.6. The van der Waals surface area contributed by atoms with Gasteiger partial charge in [-0.1, -0.05) is 18.2 Å². The van der Waals surface area contributed by atoms with E-state index in [4.69, 9.17) is 4.42 Å². The molecule has 1 atom stereocenters. The van der Waals surface area contributed by atoms with Crippen molar-refractivity contribution in [2.75, 3.05) is 20.1 Å². The summed E-state index contributed by atoms with van der Waals surface area (Å²) in [4.78, 5) is 34.0. The largest absolute Gasteiger partial charge is 0.472 e. The second-order valence-corrected chi connectivity index (χ2v) is 8.19. The first kappa shape index (κ1) is 21.7. The molecule has 0 aliphatic carbocycles. The number of aromatic nitrogens is 1. The summed E-state index contributed by atoms with van der Waals surface area (Å²) in [6.45, 7) is 2.98. The molecule has 1 saturated heterocycles. The van der Waals surface area contributed by atoms with Gasteiger partial charge in [-0.05, 0) is 55.2 Å². The number of aryl methyl sites for hydroxylation is 1. The lowest BCUT2D eigenvalue weighted by molar-refractivity contribution is -0.137. The third-order valence-electron chi connectivity index (χ3n) is 6.13. The number of nitrogens with zero attached hydrogens (tertiary/aromatic N) is 3. The monoisotopic (exact) mass is 435 g/mol. The molecule has 1 unspecified atom stereocenters. The van der Waals surface area contributed by atoms with Crippen LogP contribution in [-0.2, 0) is 4.79 Å². The van der Waals surface area contributed by atoms with Crippen LogP contribution in [0.15, 0.2) is 65.6 Å². The highest BCUT2D eigenvalue weighted by Gasteiger charge is 2.34. The third kappa shape index (κ3) is 4.42. The van der Waals surface area contributed by atoms with E-state index in [0.717, 1.165) is 16.8 Å². The molecule has 1 aromatic carbocycles. The predicted octanol–water partition coefficient (Wildman–Crippen LogP) is 4.22. The highest BCUT2D eigenvalue weighted by Crippen LogP contribution is 2.31. The molecule has 2 aromatic heterocycles. The van der Waals surface area contributed by atoms with Crippen LogP contribution in [0.2, 0.25) is 0 Å². The second kappa shape index (κ2) is 9.34. The van der Waals surface area contributed by atoms with Crippen molar-refractivity contribution in [3.8, 4) is 0 Å². The molecule has 3 aromatic rings. The minimum Gasteiger partial charge on any atom is -0.472 e. The van der Waals surface area contributed by atoms with Gasteiger partial charge in [0.05, 0.1) is 23.6 Å². The van der Waals surface area contributed by atoms with Crippen molar-refractivity contribution in [3.63, 3.8) is 0 Å². The van der Waals surface area contributed by atoms with Gasteiger partial charge in [-0.3, -0.25) is 14.6 Å². The Labute approximate surface area is 186 Å². The molecule has 4 rings (SSSR count). The number of hydrogen-bond donors (Lipinski definition) is 0. The molecular formula is C25H26FN3O3. The van der Waals surface area contributed by atoms with Gasteiger partial charge < -0.3 is 14.2 Å². The topological polar surface area (TPSA) is 66.7 Å². The van der Waals surface area contributed by atoms with Crippen LogP contribution in [0.5, 0.6) is 0 Å². The fraction of sp³-hybridized carbons (Fsp3) is 0.320. The molecule has 1 aliphatic rings. The van der Waals surface area contributed by atoms with Gasteiger partial charge in [-0.2, -0.15) is 0 Å². The molecule has 166 valence electrons. The quantitative estimate of drug-likeness (QED) is 0.602. The number of hydrogen-bond acceptors (Lipinski definition) is 4. The standard InChI is InChI=1S/C25H26FN3O3/c1-17-4-3-12-27-22(17)23(18-5-7-21(26)8-6-18)28(2)24(30)19-9-13-29(14-10-19)25(31)20-11-15-32-16-20/h3-8,11-12,15-16,19,23H,9-10,13-14H2,1-2H3. The van der Waals surface area contributed by atoms with Gasteiger partial charge in [0.2, 0.25) is 5.91 Å². The van der Waals surface area contributed by atoms with Crippen molar-refractivity contribution in [2.24, 2.45) is 5.92 Å². The number of benzene rings is 1. The average Bonchev–Trinajstić information content (AvgIpc) is 3.36. The highest BCUT2D eigenvalue weighted by atomic mass is 19.1. The van der Waals surface area contributed by atoms with Gasteiger partial charge >= 0.3 is 0 Å². The van der Waals surface area contributed by atoms with Crippen LogP contribution in [0.25, 0.3) is 0 Å². The molecule has 0 saturated carbocycles. The van der Waals surface area contributed by atoms with Gasteiger partial charge in [0.15, 0.2) is 0 Å². The summed E-state index contributed by atoms with van der Waals surface area (Å²) in [6, 6.07) is 11.2. The molecule has 32 heavy (non-hydrogen) atoms. The van der Waals surface area contributed by atoms with Crippen LogP contribution < -0.4 is 0 Å². The van der Waals surface area contributed by atoms with Gasteiger partial charge in [-0.25, -0.2) is 4.39 Å². The molecule has 1 fully saturated rings. The maximum Gasteiger partial charge on any atom is 0.257 e. The lowest BCUT2D eigenvalue weighted by Crippen LogP contribution is -2.44. The highest BCUT2D eigenvalue weighted by molar-refractivity contribution is 5.94. The predicted molar refractivity (Wildman–Crippen MR) is 117 cm³/mol. The second-order valence-electron chi connectivity index (χ2n) is 8.19. The molecule has 7 heteroatoms. The van der Waals surface area contributed by atoms with Crippen LogP contribution in [-0.4, -0.2) is 46.7 Å². The smallest absolute Gasteiger partial charge is 0.257 e. The van der Waals surface area contributed by atoms with E-state index < -0.39 is 6.04 Å². The molecular weight excluding hydrogens is 409 g/mol. The zero-order chi connectivity index (χ0) is 22.7. The molecule has 0 spiro atoms. The number of furan rings is 1. The third-order valence-corrected chi connectivity index (χ3v) is 6.13. The van der Waals surface area contributed by atoms with Crippen LogP contribution in [0.1, 0.15) is 46.1 Å². The molecule has 3 heterocycles. The Hall–Kier alpha value is -3.48. The number of amides is 2. The van der Waals surface area contributed by atoms with Crippen LogP contribution >= 0.6 is 0 Å². The van der Waals surface area contributed by atoms with E-state index >= 15 is 0 Å². The zero-order valence-electron chi connectivity index (χ0n) is 18.2. The summed E-state index contributed by atoms with van der Waals surface area (Å²) in [5, 5.41) is 0. The van der Waals surface area contributed by atoms with Crippen molar-refractivity contribution in [3.05, 3.63) is 89.4 Å². The normalized spacial score (nSPS) is 15.4. The first-order valence-corrected chi connectivity index (χ1v) is 10.7. The summed E-state index contributed by atoms with van der Waals surface area (Å²) in [6.07, 6.45) is 5.80. The minimum atomic E-state index is -0.421. The van der Waals surface area contributed by atoms with E-state index in [1.165, 1.54) is 24.7 Å². The molecule has 0 N–H and O–H groups in total. The lowest BCUT2D eigenvalue weighted by atomic mass is 9.92. The first-order valence-electron chi connectivity index (χ1n) is 10.7. The molecule has 0 radical (unpaired) electrons. The van der Waals surface area contributed by atoms with Gasteiger partial charge in [0.25, 0.3) is 5.91 Å². The summed E-state index contributed by atoms with van der Waals surface area (Å²) in [5.41, 5.74) is 3.05. The van der Waals surface area contributed by atoms with Crippen LogP contribution in [0.4, 0.5) is 4.39 Å². The van der Waals surface area contributed by atoms with E-state index in [1.54, 1.807) is 41.2 Å². The molecule has 2 amide bonds. The van der Waals surface area contributed by atoms with E-state index in [0.29, 0.717) is 31.5 Å². The zero-order valence-corrected chi connectivity index (χ0v) is 18.2. The Kier molecular flexibility index (Phi) is 6.35. The number of piperidine rings is 1. The van der Waals surface area contributed by atoms with E-state index in [9.17, 15) is 14.0 Å². The van der Waals surface area contributed by atoms with Gasteiger partial charge in [0, 0.05) is 32.3 Å². The Morgan fingerprint density at radius 2 is 1.88 bits per heavy atom. The number of carbonyl (C=O) groups is 2. The van der Waals surface area contributed by atoms with E-state index in [-0.39, 0.29) is 23.5 Å². The van der Waals surface area contributed by atoms with Crippen LogP contribution in [0.3, 0.4) is 0 Å². The maximum atomic E-state index is 13.6. The fourth-order valence-corrected chi connectivity index (χ4v) is 4.31. The number of likely N-dealkylation sites (tertiary alicyclic amines) is 1. The van der Waals surface area contributed by atoms with E-state index in [1.807, 2.05) is 19.1 Å². The summed E-state index contributed by atoms with van der Waals surface area (Å²) in [7, 11) is 1.77. The van der Waals surface area contributed by atoms with Gasteiger partial charge in [0.1, 0.15) is 12.1 Å². The SMILES string of the molecule is Cc1cccnc1C(c1ccc(F)cc1)N(C)C(=O)C1CCN(C(=O)c2ccoc2)CC1. The Balaban J connectivity index is 1.52. The maximum absolute atomic E-state index is 13.6. The number of rotatable bonds is 5. The number of pyridine rings is 1. The Morgan fingerprint density at radius 3 is 2.50 bits per heavy atom. The van der Waals surface area contributed by atoms with Crippen molar-refractivity contribution < 1.29 is 18.4 Å². The number of halogens is 1.